The number of rotatable bonds is 7. The van der Waals surface area contributed by atoms with Gasteiger partial charge in [0.05, 0.1) is 5.75 Å². The van der Waals surface area contributed by atoms with Gasteiger partial charge in [0.25, 0.3) is 0 Å². The number of ether oxygens (including phenoxy) is 1. The third-order valence-corrected chi connectivity index (χ3v) is 6.58. The van der Waals surface area contributed by atoms with Gasteiger partial charge in [-0.25, -0.2) is 17.1 Å². The summed E-state index contributed by atoms with van der Waals surface area (Å²) in [5.41, 5.74) is 1.16. The van der Waals surface area contributed by atoms with Gasteiger partial charge in [0.2, 0.25) is 10.0 Å². The Balaban J connectivity index is 1.44. The predicted octanol–water partition coefficient (Wildman–Crippen LogP) is 3.63. The molecule has 1 heterocycles. The first-order chi connectivity index (χ1) is 12.5. The molecule has 1 aliphatic rings. The molecule has 0 spiro atoms. The van der Waals surface area contributed by atoms with E-state index >= 15 is 0 Å². The third kappa shape index (κ3) is 5.29. The molecule has 4 nitrogen and oxygen atoms in total. The van der Waals surface area contributed by atoms with Crippen LogP contribution < -0.4 is 4.74 Å². The summed E-state index contributed by atoms with van der Waals surface area (Å²) in [5, 5.41) is 0. The van der Waals surface area contributed by atoms with Crippen LogP contribution in [0, 0.1) is 5.82 Å². The molecule has 6 heteroatoms. The highest BCUT2D eigenvalue weighted by Gasteiger charge is 2.28. The summed E-state index contributed by atoms with van der Waals surface area (Å²) in [7, 11) is -3.23. The number of hydrogen-bond donors (Lipinski definition) is 0. The molecule has 26 heavy (non-hydrogen) atoms. The van der Waals surface area contributed by atoms with Crippen LogP contribution in [-0.4, -0.2) is 37.7 Å². The van der Waals surface area contributed by atoms with E-state index in [1.54, 1.807) is 16.4 Å². The Kier molecular flexibility index (Phi) is 6.27. The molecule has 1 aliphatic heterocycles. The number of nitrogens with zero attached hydrogens (tertiary/aromatic N) is 1. The Morgan fingerprint density at radius 1 is 1.00 bits per heavy atom. The largest absolute Gasteiger partial charge is 0.490 e. The molecule has 1 saturated heterocycles. The molecule has 3 rings (SSSR count). The van der Waals surface area contributed by atoms with Crippen molar-refractivity contribution in [1.82, 2.24) is 4.31 Å². The van der Waals surface area contributed by atoms with Crippen molar-refractivity contribution in [1.29, 1.82) is 0 Å². The van der Waals surface area contributed by atoms with Gasteiger partial charge in [-0.3, -0.25) is 0 Å². The molecule has 2 aromatic carbocycles. The molecule has 0 atom stereocenters. The highest BCUT2D eigenvalue weighted by atomic mass is 32.2. The van der Waals surface area contributed by atoms with Crippen LogP contribution in [-0.2, 0) is 16.4 Å². The average Bonchev–Trinajstić information content (AvgIpc) is 2.65. The zero-order chi connectivity index (χ0) is 18.4. The number of aryl methyl sites for hydroxylation is 1. The lowest BCUT2D eigenvalue weighted by Crippen LogP contribution is -2.42. The van der Waals surface area contributed by atoms with Gasteiger partial charge in [-0.05, 0) is 55.5 Å². The zero-order valence-corrected chi connectivity index (χ0v) is 15.5. The molecule has 0 unspecified atom stereocenters. The standard InChI is InChI=1S/C20H24FNO3S/c21-18-8-10-19(11-9-18)25-20-12-14-22(15-13-20)26(23,24)16-4-7-17-5-2-1-3-6-17/h1-3,5-6,8-11,20H,4,7,12-16H2. The maximum Gasteiger partial charge on any atom is 0.214 e. The molecular formula is C20H24FNO3S. The Morgan fingerprint density at radius 2 is 1.65 bits per heavy atom. The van der Waals surface area contributed by atoms with Gasteiger partial charge in [-0.2, -0.15) is 0 Å². The molecule has 0 aliphatic carbocycles. The molecule has 140 valence electrons. The topological polar surface area (TPSA) is 46.6 Å². The molecule has 0 bridgehead atoms. The first-order valence-corrected chi connectivity index (χ1v) is 10.6. The van der Waals surface area contributed by atoms with E-state index < -0.39 is 10.0 Å². The first kappa shape index (κ1) is 18.9. The van der Waals surface area contributed by atoms with Crippen LogP contribution in [0.1, 0.15) is 24.8 Å². The van der Waals surface area contributed by atoms with Gasteiger partial charge < -0.3 is 4.74 Å². The van der Waals surface area contributed by atoms with Crippen molar-refractivity contribution in [3.05, 3.63) is 66.0 Å². The number of piperidine rings is 1. The molecule has 1 fully saturated rings. The van der Waals surface area contributed by atoms with Gasteiger partial charge in [-0.15, -0.1) is 0 Å². The van der Waals surface area contributed by atoms with Crippen LogP contribution in [0.5, 0.6) is 5.75 Å². The van der Waals surface area contributed by atoms with Crippen LogP contribution in [0.2, 0.25) is 0 Å². The van der Waals surface area contributed by atoms with Crippen molar-refractivity contribution >= 4 is 10.0 Å². The lowest BCUT2D eigenvalue weighted by atomic mass is 10.1. The Hall–Kier alpha value is -1.92. The van der Waals surface area contributed by atoms with Crippen LogP contribution >= 0.6 is 0 Å². The summed E-state index contributed by atoms with van der Waals surface area (Å²) in [5.74, 6) is 0.495. The lowest BCUT2D eigenvalue weighted by Gasteiger charge is -2.31. The zero-order valence-electron chi connectivity index (χ0n) is 14.7. The van der Waals surface area contributed by atoms with E-state index in [9.17, 15) is 12.8 Å². The Labute approximate surface area is 154 Å². The van der Waals surface area contributed by atoms with Gasteiger partial charge in [-0.1, -0.05) is 30.3 Å². The molecule has 0 aromatic heterocycles. The summed E-state index contributed by atoms with van der Waals surface area (Å²) < 4.78 is 45.4. The van der Waals surface area contributed by atoms with Gasteiger partial charge in [0.15, 0.2) is 0 Å². The second-order valence-corrected chi connectivity index (χ2v) is 8.66. The van der Waals surface area contributed by atoms with E-state index in [4.69, 9.17) is 4.74 Å². The quantitative estimate of drug-likeness (QED) is 0.740. The molecule has 0 radical (unpaired) electrons. The van der Waals surface area contributed by atoms with Gasteiger partial charge in [0, 0.05) is 13.1 Å². The van der Waals surface area contributed by atoms with Crippen molar-refractivity contribution in [3.63, 3.8) is 0 Å². The van der Waals surface area contributed by atoms with Crippen molar-refractivity contribution in [3.8, 4) is 5.75 Å². The number of hydrogen-bond acceptors (Lipinski definition) is 3. The lowest BCUT2D eigenvalue weighted by molar-refractivity contribution is 0.135. The highest BCUT2D eigenvalue weighted by Crippen LogP contribution is 2.21. The minimum absolute atomic E-state index is 0.0313. The minimum Gasteiger partial charge on any atom is -0.490 e. The Bertz CT molecular complexity index is 786. The van der Waals surface area contributed by atoms with Gasteiger partial charge in [0.1, 0.15) is 17.7 Å². The summed E-state index contributed by atoms with van der Waals surface area (Å²) in [6.07, 6.45) is 2.66. The summed E-state index contributed by atoms with van der Waals surface area (Å²) in [6.45, 7) is 0.944. The fourth-order valence-electron chi connectivity index (χ4n) is 3.17. The molecule has 0 saturated carbocycles. The van der Waals surface area contributed by atoms with Crippen molar-refractivity contribution < 1.29 is 17.5 Å². The monoisotopic (exact) mass is 377 g/mol. The van der Waals surface area contributed by atoms with E-state index in [0.29, 0.717) is 38.1 Å². The summed E-state index contributed by atoms with van der Waals surface area (Å²) in [4.78, 5) is 0. The van der Waals surface area contributed by atoms with Crippen molar-refractivity contribution in [2.75, 3.05) is 18.8 Å². The van der Waals surface area contributed by atoms with E-state index in [2.05, 4.69) is 0 Å². The maximum atomic E-state index is 12.9. The first-order valence-electron chi connectivity index (χ1n) is 8.97. The maximum absolute atomic E-state index is 12.9. The minimum atomic E-state index is -3.23. The van der Waals surface area contributed by atoms with E-state index in [1.165, 1.54) is 12.1 Å². The van der Waals surface area contributed by atoms with Crippen LogP contribution in [0.25, 0.3) is 0 Å². The highest BCUT2D eigenvalue weighted by molar-refractivity contribution is 7.89. The van der Waals surface area contributed by atoms with E-state index in [-0.39, 0.29) is 17.7 Å². The fourth-order valence-corrected chi connectivity index (χ4v) is 4.70. The molecular weight excluding hydrogens is 353 g/mol. The molecule has 0 amide bonds. The van der Waals surface area contributed by atoms with Gasteiger partial charge >= 0.3 is 0 Å². The van der Waals surface area contributed by atoms with Crippen LogP contribution in [0.4, 0.5) is 4.39 Å². The average molecular weight is 377 g/mol. The Morgan fingerprint density at radius 3 is 2.31 bits per heavy atom. The predicted molar refractivity (Wildman–Crippen MR) is 100 cm³/mol. The van der Waals surface area contributed by atoms with Crippen LogP contribution in [0.3, 0.4) is 0 Å². The van der Waals surface area contributed by atoms with E-state index in [1.807, 2.05) is 30.3 Å². The second-order valence-electron chi connectivity index (χ2n) is 6.58. The number of halogens is 1. The van der Waals surface area contributed by atoms with Crippen molar-refractivity contribution in [2.24, 2.45) is 0 Å². The molecule has 0 N–H and O–H groups in total. The van der Waals surface area contributed by atoms with Crippen molar-refractivity contribution in [2.45, 2.75) is 31.8 Å². The summed E-state index contributed by atoms with van der Waals surface area (Å²) >= 11 is 0. The SMILES string of the molecule is O=S(=O)(CCCc1ccccc1)N1CCC(Oc2ccc(F)cc2)CC1. The normalized spacial score (nSPS) is 16.5. The molecule has 2 aromatic rings. The summed E-state index contributed by atoms with van der Waals surface area (Å²) in [6, 6.07) is 15.9. The number of benzene rings is 2. The van der Waals surface area contributed by atoms with Crippen LogP contribution in [0.15, 0.2) is 54.6 Å². The smallest absolute Gasteiger partial charge is 0.214 e. The third-order valence-electron chi connectivity index (χ3n) is 4.62. The number of sulfonamides is 1. The van der Waals surface area contributed by atoms with E-state index in [0.717, 1.165) is 12.0 Å². The fraction of sp³-hybridized carbons (Fsp3) is 0.400. The second kappa shape index (κ2) is 8.64.